The van der Waals surface area contributed by atoms with Crippen molar-refractivity contribution in [1.29, 1.82) is 0 Å². The minimum absolute atomic E-state index is 0.134. The molecule has 0 aliphatic heterocycles. The van der Waals surface area contributed by atoms with Gasteiger partial charge in [0.25, 0.3) is 5.91 Å². The summed E-state index contributed by atoms with van der Waals surface area (Å²) in [6.45, 7) is 3.84. The maximum absolute atomic E-state index is 12.3. The zero-order valence-corrected chi connectivity index (χ0v) is 12.5. The van der Waals surface area contributed by atoms with E-state index < -0.39 is 0 Å². The number of halogens is 1. The van der Waals surface area contributed by atoms with Gasteiger partial charge in [0.15, 0.2) is 0 Å². The van der Waals surface area contributed by atoms with Crippen LogP contribution in [-0.4, -0.2) is 13.0 Å². The van der Waals surface area contributed by atoms with Gasteiger partial charge < -0.3 is 10.6 Å². The summed E-state index contributed by atoms with van der Waals surface area (Å²) >= 11 is 6.05. The number of hydrogen-bond donors (Lipinski definition) is 2. The summed E-state index contributed by atoms with van der Waals surface area (Å²) in [5, 5.41) is 6.55. The van der Waals surface area contributed by atoms with Crippen molar-refractivity contribution in [3.63, 3.8) is 0 Å². The van der Waals surface area contributed by atoms with Crippen molar-refractivity contribution in [2.75, 3.05) is 17.7 Å². The van der Waals surface area contributed by atoms with Crippen LogP contribution in [0.15, 0.2) is 36.4 Å². The van der Waals surface area contributed by atoms with E-state index >= 15 is 0 Å². The third kappa shape index (κ3) is 3.11. The van der Waals surface area contributed by atoms with Crippen LogP contribution in [0.25, 0.3) is 0 Å². The van der Waals surface area contributed by atoms with Crippen molar-refractivity contribution in [2.45, 2.75) is 13.8 Å². The molecule has 0 radical (unpaired) electrons. The lowest BCUT2D eigenvalue weighted by Crippen LogP contribution is -2.13. The fraction of sp³-hybridized carbons (Fsp3) is 0.188. The smallest absolute Gasteiger partial charge is 0.255 e. The molecule has 3 nitrogen and oxygen atoms in total. The average Bonchev–Trinajstić information content (AvgIpc) is 2.42. The van der Waals surface area contributed by atoms with E-state index in [1.165, 1.54) is 0 Å². The number of carbonyl (C=O) groups excluding carboxylic acids is 1. The Kier molecular flexibility index (Phi) is 4.30. The van der Waals surface area contributed by atoms with Crippen LogP contribution in [0.3, 0.4) is 0 Å². The van der Waals surface area contributed by atoms with E-state index in [0.717, 1.165) is 16.8 Å². The molecule has 0 heterocycles. The Morgan fingerprint density at radius 2 is 1.70 bits per heavy atom. The second-order valence-electron chi connectivity index (χ2n) is 4.70. The van der Waals surface area contributed by atoms with Crippen LogP contribution in [0.1, 0.15) is 21.5 Å². The van der Waals surface area contributed by atoms with Gasteiger partial charge in [0.1, 0.15) is 0 Å². The number of rotatable bonds is 3. The highest BCUT2D eigenvalue weighted by atomic mass is 35.5. The standard InChI is InChI=1S/C16H17ClN2O/c1-10-4-5-13(9-15(10)17)19-16(20)14-7-6-12(18-3)8-11(14)2/h4-9,18H,1-3H3,(H,19,20). The molecule has 0 aliphatic rings. The number of benzene rings is 2. The number of carbonyl (C=O) groups is 1. The lowest BCUT2D eigenvalue weighted by Gasteiger charge is -2.10. The third-order valence-corrected chi connectivity index (χ3v) is 3.60. The molecule has 0 saturated heterocycles. The van der Waals surface area contributed by atoms with Gasteiger partial charge in [-0.2, -0.15) is 0 Å². The molecule has 0 saturated carbocycles. The van der Waals surface area contributed by atoms with Crippen LogP contribution >= 0.6 is 11.6 Å². The highest BCUT2D eigenvalue weighted by Gasteiger charge is 2.10. The lowest BCUT2D eigenvalue weighted by atomic mass is 10.1. The molecule has 0 aliphatic carbocycles. The Bertz CT molecular complexity index is 653. The zero-order chi connectivity index (χ0) is 14.7. The Balaban J connectivity index is 2.21. The second-order valence-corrected chi connectivity index (χ2v) is 5.10. The molecule has 2 aromatic carbocycles. The number of aryl methyl sites for hydroxylation is 2. The van der Waals surface area contributed by atoms with Gasteiger partial charge in [-0.05, 0) is 55.3 Å². The summed E-state index contributed by atoms with van der Waals surface area (Å²) in [7, 11) is 1.85. The summed E-state index contributed by atoms with van der Waals surface area (Å²) in [6, 6.07) is 11.1. The van der Waals surface area contributed by atoms with Gasteiger partial charge in [-0.25, -0.2) is 0 Å². The molecule has 104 valence electrons. The highest BCUT2D eigenvalue weighted by molar-refractivity contribution is 6.31. The van der Waals surface area contributed by atoms with E-state index in [-0.39, 0.29) is 5.91 Å². The predicted octanol–water partition coefficient (Wildman–Crippen LogP) is 4.25. The van der Waals surface area contributed by atoms with Crippen LogP contribution in [0, 0.1) is 13.8 Å². The van der Waals surface area contributed by atoms with Crippen LogP contribution in [0.4, 0.5) is 11.4 Å². The summed E-state index contributed by atoms with van der Waals surface area (Å²) in [5.74, 6) is -0.134. The summed E-state index contributed by atoms with van der Waals surface area (Å²) in [5.41, 5.74) is 4.24. The monoisotopic (exact) mass is 288 g/mol. The Hall–Kier alpha value is -2.00. The quantitative estimate of drug-likeness (QED) is 0.886. The lowest BCUT2D eigenvalue weighted by molar-refractivity contribution is 0.102. The molecule has 0 fully saturated rings. The first-order valence-electron chi connectivity index (χ1n) is 6.37. The topological polar surface area (TPSA) is 41.1 Å². The molecule has 0 unspecified atom stereocenters. The summed E-state index contributed by atoms with van der Waals surface area (Å²) < 4.78 is 0. The van der Waals surface area contributed by atoms with Crippen molar-refractivity contribution in [3.8, 4) is 0 Å². The van der Waals surface area contributed by atoms with Crippen LogP contribution in [0.2, 0.25) is 5.02 Å². The Morgan fingerprint density at radius 1 is 1.00 bits per heavy atom. The number of hydrogen-bond acceptors (Lipinski definition) is 2. The van der Waals surface area contributed by atoms with E-state index in [1.807, 2.05) is 51.2 Å². The van der Waals surface area contributed by atoms with Crippen molar-refractivity contribution < 1.29 is 4.79 Å². The number of amides is 1. The predicted molar refractivity (Wildman–Crippen MR) is 84.9 cm³/mol. The van der Waals surface area contributed by atoms with Gasteiger partial charge in [-0.1, -0.05) is 17.7 Å². The summed E-state index contributed by atoms with van der Waals surface area (Å²) in [6.07, 6.45) is 0. The van der Waals surface area contributed by atoms with Gasteiger partial charge in [-0.15, -0.1) is 0 Å². The Morgan fingerprint density at radius 3 is 2.30 bits per heavy atom. The fourth-order valence-corrected chi connectivity index (χ4v) is 2.12. The molecule has 2 N–H and O–H groups in total. The van der Waals surface area contributed by atoms with Gasteiger partial charge >= 0.3 is 0 Å². The molecule has 1 amide bonds. The van der Waals surface area contributed by atoms with Crippen molar-refractivity contribution >= 4 is 28.9 Å². The minimum atomic E-state index is -0.134. The fourth-order valence-electron chi connectivity index (χ4n) is 1.94. The number of anilines is 2. The molecule has 2 aromatic rings. The van der Waals surface area contributed by atoms with Crippen molar-refractivity contribution in [3.05, 3.63) is 58.1 Å². The van der Waals surface area contributed by atoms with Crippen molar-refractivity contribution in [2.24, 2.45) is 0 Å². The molecule has 20 heavy (non-hydrogen) atoms. The first-order valence-corrected chi connectivity index (χ1v) is 6.75. The molecule has 4 heteroatoms. The van der Waals surface area contributed by atoms with E-state index in [1.54, 1.807) is 6.07 Å². The molecular formula is C16H17ClN2O. The number of nitrogens with one attached hydrogen (secondary N) is 2. The first kappa shape index (κ1) is 14.4. The van der Waals surface area contributed by atoms with Crippen molar-refractivity contribution in [1.82, 2.24) is 0 Å². The van der Waals surface area contributed by atoms with Gasteiger partial charge in [-0.3, -0.25) is 4.79 Å². The maximum atomic E-state index is 12.3. The summed E-state index contributed by atoms with van der Waals surface area (Å²) in [4.78, 5) is 12.3. The normalized spacial score (nSPS) is 10.2. The van der Waals surface area contributed by atoms with E-state index in [9.17, 15) is 4.79 Å². The Labute approximate surface area is 124 Å². The molecule has 0 atom stereocenters. The van der Waals surface area contributed by atoms with Gasteiger partial charge in [0.05, 0.1) is 0 Å². The third-order valence-electron chi connectivity index (χ3n) is 3.19. The second kappa shape index (κ2) is 5.97. The van der Waals surface area contributed by atoms with Gasteiger partial charge in [0, 0.05) is 29.0 Å². The van der Waals surface area contributed by atoms with Gasteiger partial charge in [0.2, 0.25) is 0 Å². The molecule has 0 bridgehead atoms. The maximum Gasteiger partial charge on any atom is 0.255 e. The van der Waals surface area contributed by atoms with Crippen LogP contribution in [0.5, 0.6) is 0 Å². The average molecular weight is 289 g/mol. The highest BCUT2D eigenvalue weighted by Crippen LogP contribution is 2.21. The minimum Gasteiger partial charge on any atom is -0.388 e. The molecule has 0 spiro atoms. The molecule has 0 aromatic heterocycles. The molecular weight excluding hydrogens is 272 g/mol. The van der Waals surface area contributed by atoms with Crippen LogP contribution in [-0.2, 0) is 0 Å². The molecule has 2 rings (SSSR count). The van der Waals surface area contributed by atoms with Crippen LogP contribution < -0.4 is 10.6 Å². The first-order chi connectivity index (χ1) is 9.51. The zero-order valence-electron chi connectivity index (χ0n) is 11.8. The van der Waals surface area contributed by atoms with E-state index in [2.05, 4.69) is 10.6 Å². The largest absolute Gasteiger partial charge is 0.388 e. The van der Waals surface area contributed by atoms with E-state index in [4.69, 9.17) is 11.6 Å². The SMILES string of the molecule is CNc1ccc(C(=O)Nc2ccc(C)c(Cl)c2)c(C)c1. The van der Waals surface area contributed by atoms with E-state index in [0.29, 0.717) is 16.3 Å².